The molecule has 2 rings (SSSR count). The SMILES string of the molecule is CCNC(C)c1ccc(F)cc1-c1ccc(OC)nc1. The van der Waals surface area contributed by atoms with Crippen molar-refractivity contribution in [3.05, 3.63) is 47.9 Å². The number of hydrogen-bond donors (Lipinski definition) is 1. The second-order valence-electron chi connectivity index (χ2n) is 4.60. The molecule has 1 heterocycles. The van der Waals surface area contributed by atoms with Gasteiger partial charge in [0.05, 0.1) is 7.11 Å². The van der Waals surface area contributed by atoms with Gasteiger partial charge in [-0.3, -0.25) is 0 Å². The molecular weight excluding hydrogens is 255 g/mol. The predicted octanol–water partition coefficient (Wildman–Crippen LogP) is 3.57. The first-order valence-electron chi connectivity index (χ1n) is 6.69. The smallest absolute Gasteiger partial charge is 0.212 e. The molecule has 106 valence electrons. The highest BCUT2D eigenvalue weighted by Gasteiger charge is 2.12. The largest absolute Gasteiger partial charge is 0.481 e. The summed E-state index contributed by atoms with van der Waals surface area (Å²) in [6.07, 6.45) is 1.70. The van der Waals surface area contributed by atoms with Gasteiger partial charge in [0.15, 0.2) is 0 Å². The van der Waals surface area contributed by atoms with Crippen molar-refractivity contribution in [1.29, 1.82) is 0 Å². The lowest BCUT2D eigenvalue weighted by molar-refractivity contribution is 0.398. The van der Waals surface area contributed by atoms with E-state index in [1.807, 2.05) is 12.1 Å². The molecule has 1 aromatic carbocycles. The van der Waals surface area contributed by atoms with Gasteiger partial charge in [0.1, 0.15) is 5.82 Å². The number of nitrogens with zero attached hydrogens (tertiary/aromatic N) is 1. The summed E-state index contributed by atoms with van der Waals surface area (Å²) >= 11 is 0. The van der Waals surface area contributed by atoms with E-state index in [0.717, 1.165) is 23.2 Å². The third-order valence-corrected chi connectivity index (χ3v) is 3.25. The Hall–Kier alpha value is -1.94. The van der Waals surface area contributed by atoms with Crippen LogP contribution in [0.5, 0.6) is 5.88 Å². The van der Waals surface area contributed by atoms with Crippen molar-refractivity contribution in [3.63, 3.8) is 0 Å². The Labute approximate surface area is 118 Å². The highest BCUT2D eigenvalue weighted by Crippen LogP contribution is 2.29. The Morgan fingerprint density at radius 3 is 2.70 bits per heavy atom. The maximum Gasteiger partial charge on any atom is 0.212 e. The van der Waals surface area contributed by atoms with Crippen molar-refractivity contribution in [2.24, 2.45) is 0 Å². The van der Waals surface area contributed by atoms with Crippen LogP contribution in [-0.2, 0) is 0 Å². The Balaban J connectivity index is 2.44. The fourth-order valence-electron chi connectivity index (χ4n) is 2.23. The van der Waals surface area contributed by atoms with Gasteiger partial charge in [0.2, 0.25) is 5.88 Å². The molecule has 1 aromatic heterocycles. The first kappa shape index (κ1) is 14.5. The maximum atomic E-state index is 13.6. The van der Waals surface area contributed by atoms with Crippen molar-refractivity contribution in [1.82, 2.24) is 10.3 Å². The molecule has 1 atom stereocenters. The van der Waals surface area contributed by atoms with Crippen LogP contribution < -0.4 is 10.1 Å². The normalized spacial score (nSPS) is 12.2. The topological polar surface area (TPSA) is 34.1 Å². The summed E-state index contributed by atoms with van der Waals surface area (Å²) in [5.74, 6) is 0.301. The summed E-state index contributed by atoms with van der Waals surface area (Å²) in [6, 6.07) is 8.68. The van der Waals surface area contributed by atoms with Crippen molar-refractivity contribution < 1.29 is 9.13 Å². The molecule has 3 nitrogen and oxygen atoms in total. The van der Waals surface area contributed by atoms with E-state index in [2.05, 4.69) is 24.1 Å². The molecule has 0 bridgehead atoms. The molecule has 1 N–H and O–H groups in total. The van der Waals surface area contributed by atoms with E-state index < -0.39 is 0 Å². The summed E-state index contributed by atoms with van der Waals surface area (Å²) in [5.41, 5.74) is 2.79. The minimum Gasteiger partial charge on any atom is -0.481 e. The minimum absolute atomic E-state index is 0.151. The quantitative estimate of drug-likeness (QED) is 0.905. The van der Waals surface area contributed by atoms with Crippen LogP contribution in [0.1, 0.15) is 25.5 Å². The first-order valence-corrected chi connectivity index (χ1v) is 6.69. The zero-order valence-corrected chi connectivity index (χ0v) is 12.0. The number of ether oxygens (including phenoxy) is 1. The number of benzene rings is 1. The average Bonchev–Trinajstić information content (AvgIpc) is 2.47. The summed E-state index contributed by atoms with van der Waals surface area (Å²) in [6.45, 7) is 4.98. The highest BCUT2D eigenvalue weighted by atomic mass is 19.1. The molecule has 1 unspecified atom stereocenters. The second kappa shape index (κ2) is 6.48. The van der Waals surface area contributed by atoms with Crippen LogP contribution in [0, 0.1) is 5.82 Å². The van der Waals surface area contributed by atoms with Crippen molar-refractivity contribution in [2.75, 3.05) is 13.7 Å². The number of pyridine rings is 1. The number of rotatable bonds is 5. The molecule has 20 heavy (non-hydrogen) atoms. The van der Waals surface area contributed by atoms with E-state index in [4.69, 9.17) is 4.74 Å². The average molecular weight is 274 g/mol. The van der Waals surface area contributed by atoms with Gasteiger partial charge in [-0.25, -0.2) is 9.37 Å². The molecule has 0 aliphatic rings. The summed E-state index contributed by atoms with van der Waals surface area (Å²) in [7, 11) is 1.57. The maximum absolute atomic E-state index is 13.6. The van der Waals surface area contributed by atoms with Crippen molar-refractivity contribution >= 4 is 0 Å². The second-order valence-corrected chi connectivity index (χ2v) is 4.60. The lowest BCUT2D eigenvalue weighted by Gasteiger charge is -2.17. The van der Waals surface area contributed by atoms with Gasteiger partial charge < -0.3 is 10.1 Å². The van der Waals surface area contributed by atoms with Gasteiger partial charge in [-0.2, -0.15) is 0 Å². The molecule has 0 spiro atoms. The molecule has 0 amide bonds. The number of hydrogen-bond acceptors (Lipinski definition) is 3. The van der Waals surface area contributed by atoms with Crippen LogP contribution in [0.4, 0.5) is 4.39 Å². The molecule has 0 fully saturated rings. The molecule has 4 heteroatoms. The van der Waals surface area contributed by atoms with Gasteiger partial charge in [-0.05, 0) is 42.8 Å². The molecule has 0 aliphatic carbocycles. The third-order valence-electron chi connectivity index (χ3n) is 3.25. The van der Waals surface area contributed by atoms with Crippen LogP contribution in [0.2, 0.25) is 0 Å². The summed E-state index contributed by atoms with van der Waals surface area (Å²) in [4.78, 5) is 4.18. The monoisotopic (exact) mass is 274 g/mol. The lowest BCUT2D eigenvalue weighted by Crippen LogP contribution is -2.18. The Morgan fingerprint density at radius 1 is 1.30 bits per heavy atom. The van der Waals surface area contributed by atoms with Gasteiger partial charge in [-0.15, -0.1) is 0 Å². The van der Waals surface area contributed by atoms with Crippen LogP contribution in [0.25, 0.3) is 11.1 Å². The number of halogens is 1. The van der Waals surface area contributed by atoms with Crippen molar-refractivity contribution in [3.8, 4) is 17.0 Å². The van der Waals surface area contributed by atoms with Gasteiger partial charge in [-0.1, -0.05) is 13.0 Å². The Kier molecular flexibility index (Phi) is 4.69. The molecule has 2 aromatic rings. The van der Waals surface area contributed by atoms with Crippen LogP contribution in [0.15, 0.2) is 36.5 Å². The van der Waals surface area contributed by atoms with Crippen LogP contribution in [0.3, 0.4) is 0 Å². The Morgan fingerprint density at radius 2 is 2.10 bits per heavy atom. The van der Waals surface area contributed by atoms with E-state index in [9.17, 15) is 4.39 Å². The number of aromatic nitrogens is 1. The van der Waals surface area contributed by atoms with E-state index in [0.29, 0.717) is 5.88 Å². The van der Waals surface area contributed by atoms with Gasteiger partial charge >= 0.3 is 0 Å². The third kappa shape index (κ3) is 3.14. The summed E-state index contributed by atoms with van der Waals surface area (Å²) < 4.78 is 18.6. The minimum atomic E-state index is -0.247. The fraction of sp³-hybridized carbons (Fsp3) is 0.312. The number of nitrogens with one attached hydrogen (secondary N) is 1. The zero-order valence-electron chi connectivity index (χ0n) is 12.0. The Bertz CT molecular complexity index is 569. The van der Waals surface area contributed by atoms with E-state index in [1.165, 1.54) is 6.07 Å². The van der Waals surface area contributed by atoms with Crippen LogP contribution in [-0.4, -0.2) is 18.6 Å². The van der Waals surface area contributed by atoms with E-state index >= 15 is 0 Å². The summed E-state index contributed by atoms with van der Waals surface area (Å²) in [5, 5.41) is 3.35. The van der Waals surface area contributed by atoms with Crippen LogP contribution >= 0.6 is 0 Å². The molecule has 0 radical (unpaired) electrons. The number of methoxy groups -OCH3 is 1. The molecule has 0 saturated heterocycles. The molecular formula is C16H19FN2O. The lowest BCUT2D eigenvalue weighted by atomic mass is 9.96. The first-order chi connectivity index (χ1) is 9.65. The zero-order chi connectivity index (χ0) is 14.5. The van der Waals surface area contributed by atoms with Crippen molar-refractivity contribution in [2.45, 2.75) is 19.9 Å². The molecule has 0 aliphatic heterocycles. The van der Waals surface area contributed by atoms with Gasteiger partial charge in [0.25, 0.3) is 0 Å². The predicted molar refractivity (Wildman–Crippen MR) is 78.3 cm³/mol. The van der Waals surface area contributed by atoms with Gasteiger partial charge in [0, 0.05) is 23.9 Å². The highest BCUT2D eigenvalue weighted by molar-refractivity contribution is 5.67. The van der Waals surface area contributed by atoms with E-state index in [-0.39, 0.29) is 11.9 Å². The van der Waals surface area contributed by atoms with E-state index in [1.54, 1.807) is 25.4 Å². The fourth-order valence-corrected chi connectivity index (χ4v) is 2.23. The standard InChI is InChI=1S/C16H19FN2O/c1-4-18-11(2)14-7-6-13(17)9-15(14)12-5-8-16(20-3)19-10-12/h5-11,18H,4H2,1-3H3. The molecule has 0 saturated carbocycles.